The van der Waals surface area contributed by atoms with Gasteiger partial charge in [0.05, 0.1) is 24.7 Å². The molecule has 2 N–H and O–H groups in total. The van der Waals surface area contributed by atoms with Gasteiger partial charge in [-0.15, -0.1) is 0 Å². The Morgan fingerprint density at radius 2 is 1.72 bits per heavy atom. The van der Waals surface area contributed by atoms with Crippen LogP contribution in [0.2, 0.25) is 0 Å². The van der Waals surface area contributed by atoms with Crippen LogP contribution in [0.3, 0.4) is 0 Å². The number of benzene rings is 1. The first-order valence-electron chi connectivity index (χ1n) is 10.9. The molecular formula is C24H33NO7. The minimum Gasteiger partial charge on any atom is -0.460 e. The van der Waals surface area contributed by atoms with Crippen LogP contribution in [0, 0.1) is 0 Å². The van der Waals surface area contributed by atoms with Crippen molar-refractivity contribution in [1.82, 2.24) is 4.90 Å². The molecule has 0 fully saturated rings. The lowest BCUT2D eigenvalue weighted by atomic mass is 10.0. The van der Waals surface area contributed by atoms with Crippen molar-refractivity contribution in [2.75, 3.05) is 6.54 Å². The molecular weight excluding hydrogens is 414 g/mol. The van der Waals surface area contributed by atoms with Crippen LogP contribution in [-0.4, -0.2) is 70.0 Å². The van der Waals surface area contributed by atoms with Crippen LogP contribution in [0.5, 0.6) is 0 Å². The predicted octanol–water partition coefficient (Wildman–Crippen LogP) is 1.77. The molecule has 0 saturated heterocycles. The molecule has 0 unspecified atom stereocenters. The second-order valence-corrected chi connectivity index (χ2v) is 8.17. The summed E-state index contributed by atoms with van der Waals surface area (Å²) in [6.45, 7) is 5.17. The van der Waals surface area contributed by atoms with Crippen molar-refractivity contribution in [2.24, 2.45) is 0 Å². The molecule has 2 rings (SSSR count). The van der Waals surface area contributed by atoms with E-state index in [-0.39, 0.29) is 25.2 Å². The lowest BCUT2D eigenvalue weighted by Gasteiger charge is -2.32. The van der Waals surface area contributed by atoms with Crippen molar-refractivity contribution in [3.05, 3.63) is 48.0 Å². The van der Waals surface area contributed by atoms with Gasteiger partial charge in [-0.25, -0.2) is 4.79 Å². The third-order valence-corrected chi connectivity index (χ3v) is 5.50. The Balaban J connectivity index is 2.21. The van der Waals surface area contributed by atoms with E-state index in [1.807, 2.05) is 30.3 Å². The molecule has 1 aromatic carbocycles. The van der Waals surface area contributed by atoms with Crippen LogP contribution in [0.15, 0.2) is 42.5 Å². The van der Waals surface area contributed by atoms with E-state index in [1.54, 1.807) is 25.7 Å². The summed E-state index contributed by atoms with van der Waals surface area (Å²) in [7, 11) is 0. The first kappa shape index (κ1) is 25.5. The van der Waals surface area contributed by atoms with Crippen molar-refractivity contribution in [3.63, 3.8) is 0 Å². The molecule has 8 heteroatoms. The van der Waals surface area contributed by atoms with E-state index in [1.165, 1.54) is 6.08 Å². The molecule has 32 heavy (non-hydrogen) atoms. The molecule has 0 radical (unpaired) electrons. The van der Waals surface area contributed by atoms with Gasteiger partial charge in [0.15, 0.2) is 0 Å². The number of hydrogen-bond donors (Lipinski definition) is 2. The molecule has 1 heterocycles. The SMILES string of the molecule is C[C@@H]1OC(=O)C[C@H](C)OC(=O)/C=C/[C@@H](O)[C@H](C)N(CCc2ccccc2)C(=O)CC[C@H]1O. The molecule has 0 aliphatic carbocycles. The van der Waals surface area contributed by atoms with Gasteiger partial charge < -0.3 is 24.6 Å². The Hall–Kier alpha value is -2.71. The van der Waals surface area contributed by atoms with E-state index in [0.717, 1.165) is 11.6 Å². The number of hydrogen-bond acceptors (Lipinski definition) is 7. The highest BCUT2D eigenvalue weighted by Gasteiger charge is 2.27. The van der Waals surface area contributed by atoms with E-state index in [2.05, 4.69) is 0 Å². The zero-order valence-corrected chi connectivity index (χ0v) is 18.8. The van der Waals surface area contributed by atoms with Gasteiger partial charge in [-0.3, -0.25) is 9.59 Å². The van der Waals surface area contributed by atoms with Crippen molar-refractivity contribution >= 4 is 17.8 Å². The number of carbonyl (C=O) groups is 3. The van der Waals surface area contributed by atoms with Crippen LogP contribution in [-0.2, 0) is 30.3 Å². The molecule has 0 aromatic heterocycles. The van der Waals surface area contributed by atoms with Gasteiger partial charge in [0.1, 0.15) is 12.2 Å². The normalized spacial score (nSPS) is 29.8. The lowest BCUT2D eigenvalue weighted by molar-refractivity contribution is -0.158. The summed E-state index contributed by atoms with van der Waals surface area (Å²) >= 11 is 0. The van der Waals surface area contributed by atoms with E-state index >= 15 is 0 Å². The molecule has 1 aliphatic heterocycles. The van der Waals surface area contributed by atoms with E-state index in [9.17, 15) is 24.6 Å². The maximum atomic E-state index is 13.0. The number of carbonyl (C=O) groups excluding carboxylic acids is 3. The van der Waals surface area contributed by atoms with Crippen LogP contribution in [0.1, 0.15) is 45.6 Å². The third-order valence-electron chi connectivity index (χ3n) is 5.50. The topological polar surface area (TPSA) is 113 Å². The Morgan fingerprint density at radius 3 is 2.41 bits per heavy atom. The van der Waals surface area contributed by atoms with Crippen LogP contribution in [0.4, 0.5) is 0 Å². The maximum absolute atomic E-state index is 13.0. The highest BCUT2D eigenvalue weighted by molar-refractivity contribution is 5.82. The van der Waals surface area contributed by atoms with Crippen LogP contribution >= 0.6 is 0 Å². The monoisotopic (exact) mass is 447 g/mol. The second kappa shape index (κ2) is 12.4. The summed E-state index contributed by atoms with van der Waals surface area (Å²) in [4.78, 5) is 38.6. The molecule has 1 amide bonds. The standard InChI is InChI=1S/C24H33NO7/c1-16-15-24(30)32-18(3)21(27)9-11-22(28)25(14-13-19-7-5-4-6-8-19)17(2)20(26)10-12-23(29)31-16/h4-8,10,12,16-18,20-21,26-27H,9,11,13-15H2,1-3H3/b12-10+/t16-,17-,18-,20+,21+/m0/s1. The Morgan fingerprint density at radius 1 is 1.03 bits per heavy atom. The molecule has 1 aromatic rings. The smallest absolute Gasteiger partial charge is 0.330 e. The Bertz CT molecular complexity index is 795. The summed E-state index contributed by atoms with van der Waals surface area (Å²) in [5, 5.41) is 20.9. The van der Waals surface area contributed by atoms with Gasteiger partial charge in [0, 0.05) is 19.0 Å². The van der Waals surface area contributed by atoms with Crippen molar-refractivity contribution in [2.45, 2.75) is 76.9 Å². The molecule has 5 atom stereocenters. The minimum atomic E-state index is -1.10. The number of cyclic esters (lactones) is 2. The number of aliphatic hydroxyl groups is 2. The van der Waals surface area contributed by atoms with Gasteiger partial charge in [-0.05, 0) is 45.3 Å². The maximum Gasteiger partial charge on any atom is 0.330 e. The average Bonchev–Trinajstić information content (AvgIpc) is 2.75. The molecule has 8 nitrogen and oxygen atoms in total. The van der Waals surface area contributed by atoms with Gasteiger partial charge in [0.2, 0.25) is 5.91 Å². The zero-order chi connectivity index (χ0) is 23.7. The summed E-state index contributed by atoms with van der Waals surface area (Å²) in [6.07, 6.45) is -0.725. The molecule has 0 saturated carbocycles. The summed E-state index contributed by atoms with van der Waals surface area (Å²) in [6, 6.07) is 9.05. The highest BCUT2D eigenvalue weighted by Crippen LogP contribution is 2.15. The minimum absolute atomic E-state index is 0.0249. The first-order valence-corrected chi connectivity index (χ1v) is 10.9. The summed E-state index contributed by atoms with van der Waals surface area (Å²) < 4.78 is 10.4. The quantitative estimate of drug-likeness (QED) is 0.679. The lowest BCUT2D eigenvalue weighted by Crippen LogP contribution is -2.46. The average molecular weight is 448 g/mol. The molecule has 1 aliphatic rings. The number of esters is 2. The molecule has 176 valence electrons. The first-order chi connectivity index (χ1) is 15.2. The Kier molecular flexibility index (Phi) is 9.87. The summed E-state index contributed by atoms with van der Waals surface area (Å²) in [5.41, 5.74) is 1.04. The number of ether oxygens (including phenoxy) is 2. The number of rotatable bonds is 3. The largest absolute Gasteiger partial charge is 0.460 e. The van der Waals surface area contributed by atoms with E-state index < -0.39 is 42.4 Å². The fourth-order valence-electron chi connectivity index (χ4n) is 3.47. The number of aliphatic hydroxyl groups excluding tert-OH is 2. The second-order valence-electron chi connectivity index (χ2n) is 8.17. The highest BCUT2D eigenvalue weighted by atomic mass is 16.6. The van der Waals surface area contributed by atoms with Crippen LogP contribution in [0.25, 0.3) is 0 Å². The fraction of sp³-hybridized carbons (Fsp3) is 0.542. The number of amides is 1. The molecule has 0 spiro atoms. The van der Waals surface area contributed by atoms with Gasteiger partial charge in [-0.2, -0.15) is 0 Å². The van der Waals surface area contributed by atoms with Gasteiger partial charge in [0.25, 0.3) is 0 Å². The van der Waals surface area contributed by atoms with Gasteiger partial charge >= 0.3 is 11.9 Å². The van der Waals surface area contributed by atoms with Gasteiger partial charge in [-0.1, -0.05) is 30.3 Å². The van der Waals surface area contributed by atoms with Crippen molar-refractivity contribution < 1.29 is 34.1 Å². The van der Waals surface area contributed by atoms with Crippen molar-refractivity contribution in [1.29, 1.82) is 0 Å². The Labute approximate surface area is 188 Å². The van der Waals surface area contributed by atoms with Crippen LogP contribution < -0.4 is 0 Å². The number of nitrogens with zero attached hydrogens (tertiary/aromatic N) is 1. The summed E-state index contributed by atoms with van der Waals surface area (Å²) in [5.74, 6) is -1.57. The third kappa shape index (κ3) is 8.09. The van der Waals surface area contributed by atoms with E-state index in [0.29, 0.717) is 13.0 Å². The van der Waals surface area contributed by atoms with Crippen molar-refractivity contribution in [3.8, 4) is 0 Å². The van der Waals surface area contributed by atoms with E-state index in [4.69, 9.17) is 9.47 Å². The zero-order valence-electron chi connectivity index (χ0n) is 18.8. The predicted molar refractivity (Wildman–Crippen MR) is 117 cm³/mol. The molecule has 0 bridgehead atoms. The fourth-order valence-corrected chi connectivity index (χ4v) is 3.47.